The van der Waals surface area contributed by atoms with Gasteiger partial charge in [0.05, 0.1) is 6.54 Å². The van der Waals surface area contributed by atoms with Crippen molar-refractivity contribution < 1.29 is 13.7 Å². The lowest BCUT2D eigenvalue weighted by Gasteiger charge is -2.14. The maximum atomic E-state index is 14.0. The molecular weight excluding hydrogens is 333 g/mol. The first-order valence-electron chi connectivity index (χ1n) is 8.74. The molecule has 1 saturated heterocycles. The molecule has 1 aromatic heterocycles. The van der Waals surface area contributed by atoms with Crippen LogP contribution in [0.2, 0.25) is 0 Å². The minimum Gasteiger partial charge on any atom is -0.485 e. The highest BCUT2D eigenvalue weighted by Crippen LogP contribution is 2.29. The van der Waals surface area contributed by atoms with Crippen LogP contribution in [0.5, 0.6) is 5.75 Å². The summed E-state index contributed by atoms with van der Waals surface area (Å²) >= 11 is 0. The van der Waals surface area contributed by atoms with Gasteiger partial charge in [0.1, 0.15) is 11.6 Å². The number of ether oxygens (including phenoxy) is 1. The molecule has 1 aliphatic heterocycles. The van der Waals surface area contributed by atoms with Gasteiger partial charge in [0.2, 0.25) is 11.7 Å². The first-order valence-corrected chi connectivity index (χ1v) is 8.74. The summed E-state index contributed by atoms with van der Waals surface area (Å²) in [7, 11) is 0. The number of nitrogens with zero attached hydrogens (tertiary/aromatic N) is 3. The summed E-state index contributed by atoms with van der Waals surface area (Å²) < 4.78 is 24.9. The summed E-state index contributed by atoms with van der Waals surface area (Å²) in [5.41, 5.74) is 0.789. The van der Waals surface area contributed by atoms with Crippen LogP contribution in [0.3, 0.4) is 0 Å². The van der Waals surface area contributed by atoms with Crippen molar-refractivity contribution in [3.05, 3.63) is 77.7 Å². The SMILES string of the molecule is Fc1ccccc1[C@@H]1CCN(Cc2nc(COc3ccccc3)no2)C1. The first kappa shape index (κ1) is 16.7. The number of benzene rings is 2. The minimum absolute atomic E-state index is 0.127. The number of para-hydroxylation sites is 1. The van der Waals surface area contributed by atoms with Gasteiger partial charge in [-0.05, 0) is 36.7 Å². The van der Waals surface area contributed by atoms with Crippen LogP contribution in [-0.2, 0) is 13.2 Å². The predicted octanol–water partition coefficient (Wildman–Crippen LogP) is 3.78. The molecule has 0 radical (unpaired) electrons. The molecule has 0 bridgehead atoms. The van der Waals surface area contributed by atoms with E-state index in [9.17, 15) is 4.39 Å². The summed E-state index contributed by atoms with van der Waals surface area (Å²) in [6.45, 7) is 2.52. The maximum Gasteiger partial charge on any atom is 0.240 e. The largest absolute Gasteiger partial charge is 0.485 e. The number of halogens is 1. The van der Waals surface area contributed by atoms with Gasteiger partial charge < -0.3 is 9.26 Å². The normalized spacial score (nSPS) is 17.5. The van der Waals surface area contributed by atoms with Crippen molar-refractivity contribution in [2.24, 2.45) is 0 Å². The lowest BCUT2D eigenvalue weighted by atomic mass is 9.98. The fourth-order valence-corrected chi connectivity index (χ4v) is 3.31. The fourth-order valence-electron chi connectivity index (χ4n) is 3.31. The summed E-state index contributed by atoms with van der Waals surface area (Å²) in [6.07, 6.45) is 0.930. The van der Waals surface area contributed by atoms with Gasteiger partial charge >= 0.3 is 0 Å². The fraction of sp³-hybridized carbons (Fsp3) is 0.300. The molecule has 1 fully saturated rings. The Morgan fingerprint density at radius 2 is 1.92 bits per heavy atom. The van der Waals surface area contributed by atoms with Crippen LogP contribution in [-0.4, -0.2) is 28.1 Å². The molecule has 2 heterocycles. The Hall–Kier alpha value is -2.73. The molecule has 0 unspecified atom stereocenters. The monoisotopic (exact) mass is 353 g/mol. The summed E-state index contributed by atoms with van der Waals surface area (Å²) in [4.78, 5) is 6.60. The van der Waals surface area contributed by atoms with E-state index in [0.29, 0.717) is 18.3 Å². The Morgan fingerprint density at radius 1 is 1.12 bits per heavy atom. The van der Waals surface area contributed by atoms with Crippen LogP contribution in [0.25, 0.3) is 0 Å². The molecule has 3 aromatic rings. The molecule has 4 rings (SSSR count). The predicted molar refractivity (Wildman–Crippen MR) is 94.1 cm³/mol. The van der Waals surface area contributed by atoms with E-state index in [-0.39, 0.29) is 18.3 Å². The smallest absolute Gasteiger partial charge is 0.240 e. The molecular formula is C20H20FN3O2. The molecule has 0 aliphatic carbocycles. The second kappa shape index (κ2) is 7.66. The molecule has 0 N–H and O–H groups in total. The Morgan fingerprint density at radius 3 is 2.77 bits per heavy atom. The van der Waals surface area contributed by atoms with Gasteiger partial charge in [-0.2, -0.15) is 4.98 Å². The lowest BCUT2D eigenvalue weighted by Crippen LogP contribution is -2.20. The molecule has 1 atom stereocenters. The Balaban J connectivity index is 1.31. The molecule has 134 valence electrons. The van der Waals surface area contributed by atoms with Gasteiger partial charge in [0.25, 0.3) is 0 Å². The van der Waals surface area contributed by atoms with Crippen LogP contribution in [0.1, 0.15) is 29.6 Å². The third-order valence-corrected chi connectivity index (χ3v) is 4.60. The molecule has 2 aromatic carbocycles. The Bertz CT molecular complexity index is 853. The van der Waals surface area contributed by atoms with E-state index in [1.807, 2.05) is 42.5 Å². The van der Waals surface area contributed by atoms with Crippen molar-refractivity contribution in [3.8, 4) is 5.75 Å². The van der Waals surface area contributed by atoms with Crippen molar-refractivity contribution in [1.29, 1.82) is 0 Å². The van der Waals surface area contributed by atoms with Crippen molar-refractivity contribution in [1.82, 2.24) is 15.0 Å². The third-order valence-electron chi connectivity index (χ3n) is 4.60. The second-order valence-electron chi connectivity index (χ2n) is 6.45. The molecule has 0 spiro atoms. The van der Waals surface area contributed by atoms with Crippen LogP contribution >= 0.6 is 0 Å². The highest BCUT2D eigenvalue weighted by molar-refractivity contribution is 5.23. The summed E-state index contributed by atoms with van der Waals surface area (Å²) in [6, 6.07) is 16.5. The van der Waals surface area contributed by atoms with Crippen LogP contribution in [0.4, 0.5) is 4.39 Å². The maximum absolute atomic E-state index is 14.0. The molecule has 0 amide bonds. The molecule has 0 saturated carbocycles. The third kappa shape index (κ3) is 3.91. The number of rotatable bonds is 6. The Labute approximate surface area is 151 Å². The van der Waals surface area contributed by atoms with Crippen molar-refractivity contribution in [2.45, 2.75) is 25.5 Å². The van der Waals surface area contributed by atoms with Crippen molar-refractivity contribution >= 4 is 0 Å². The van der Waals surface area contributed by atoms with Crippen molar-refractivity contribution in [2.75, 3.05) is 13.1 Å². The number of likely N-dealkylation sites (tertiary alicyclic amines) is 1. The number of hydrogen-bond acceptors (Lipinski definition) is 5. The van der Waals surface area contributed by atoms with E-state index >= 15 is 0 Å². The average Bonchev–Trinajstić information content (AvgIpc) is 3.31. The van der Waals surface area contributed by atoms with E-state index in [1.54, 1.807) is 6.07 Å². The van der Waals surface area contributed by atoms with E-state index in [1.165, 1.54) is 6.07 Å². The lowest BCUT2D eigenvalue weighted by molar-refractivity contribution is 0.260. The van der Waals surface area contributed by atoms with Gasteiger partial charge in [0.15, 0.2) is 6.61 Å². The summed E-state index contributed by atoms with van der Waals surface area (Å²) in [5.74, 6) is 1.93. The molecule has 1 aliphatic rings. The van der Waals surface area contributed by atoms with Crippen LogP contribution in [0.15, 0.2) is 59.1 Å². The molecule has 5 nitrogen and oxygen atoms in total. The van der Waals surface area contributed by atoms with Gasteiger partial charge in [-0.15, -0.1) is 0 Å². The van der Waals surface area contributed by atoms with Crippen molar-refractivity contribution in [3.63, 3.8) is 0 Å². The minimum atomic E-state index is -0.127. The van der Waals surface area contributed by atoms with Gasteiger partial charge in [0, 0.05) is 12.5 Å². The van der Waals surface area contributed by atoms with Gasteiger partial charge in [-0.25, -0.2) is 4.39 Å². The zero-order chi connectivity index (χ0) is 17.8. The van der Waals surface area contributed by atoms with E-state index in [2.05, 4.69) is 15.0 Å². The zero-order valence-electron chi connectivity index (χ0n) is 14.3. The standard InChI is InChI=1S/C20H20FN3O2/c21-18-9-5-4-8-17(18)15-10-11-24(12-15)13-20-22-19(23-26-20)14-25-16-6-2-1-3-7-16/h1-9,15H,10-14H2/t15-/m1/s1. The zero-order valence-corrected chi connectivity index (χ0v) is 14.3. The quantitative estimate of drug-likeness (QED) is 0.675. The van der Waals surface area contributed by atoms with E-state index in [4.69, 9.17) is 9.26 Å². The molecule has 26 heavy (non-hydrogen) atoms. The second-order valence-corrected chi connectivity index (χ2v) is 6.45. The Kier molecular flexibility index (Phi) is 4.93. The highest BCUT2D eigenvalue weighted by atomic mass is 19.1. The summed E-state index contributed by atoms with van der Waals surface area (Å²) in [5, 5.41) is 3.97. The first-order chi connectivity index (χ1) is 12.8. The van der Waals surface area contributed by atoms with Crippen LogP contribution in [0, 0.1) is 5.82 Å². The number of aromatic nitrogens is 2. The highest BCUT2D eigenvalue weighted by Gasteiger charge is 2.27. The molecule has 6 heteroatoms. The topological polar surface area (TPSA) is 51.4 Å². The van der Waals surface area contributed by atoms with E-state index < -0.39 is 0 Å². The number of hydrogen-bond donors (Lipinski definition) is 0. The van der Waals surface area contributed by atoms with E-state index in [0.717, 1.165) is 30.8 Å². The van der Waals surface area contributed by atoms with Gasteiger partial charge in [-0.3, -0.25) is 4.90 Å². The van der Waals surface area contributed by atoms with Crippen LogP contribution < -0.4 is 4.74 Å². The van der Waals surface area contributed by atoms with Gasteiger partial charge in [-0.1, -0.05) is 41.6 Å². The average molecular weight is 353 g/mol.